The van der Waals surface area contributed by atoms with Crippen LogP contribution < -0.4 is 5.56 Å². The van der Waals surface area contributed by atoms with Crippen LogP contribution in [-0.2, 0) is 20.9 Å². The topological polar surface area (TPSA) is 102 Å². The maximum Gasteiger partial charge on any atom is 0.417 e. The Morgan fingerprint density at radius 3 is 2.59 bits per heavy atom. The van der Waals surface area contributed by atoms with Gasteiger partial charge in [0.25, 0.3) is 11.5 Å². The molecule has 2 saturated heterocycles. The molecule has 0 bridgehead atoms. The van der Waals surface area contributed by atoms with Gasteiger partial charge in [-0.25, -0.2) is 14.7 Å². The van der Waals surface area contributed by atoms with Gasteiger partial charge in [-0.3, -0.25) is 19.0 Å². The zero-order valence-electron chi connectivity index (χ0n) is 14.5. The number of benzene rings is 1. The van der Waals surface area contributed by atoms with E-state index in [1.54, 1.807) is 29.2 Å². The van der Waals surface area contributed by atoms with Crippen LogP contribution in [0.3, 0.4) is 0 Å². The number of fused-ring (bicyclic) bond motifs is 1. The second kappa shape index (κ2) is 6.82. The molecule has 27 heavy (non-hydrogen) atoms. The van der Waals surface area contributed by atoms with Gasteiger partial charge in [0.15, 0.2) is 6.61 Å². The molecule has 0 saturated carbocycles. The van der Waals surface area contributed by atoms with Crippen LogP contribution in [0.25, 0.3) is 10.9 Å². The molecule has 1 aromatic heterocycles. The first-order chi connectivity index (χ1) is 13.0. The highest BCUT2D eigenvalue weighted by atomic mass is 16.6. The number of hydrogen-bond acceptors (Lipinski definition) is 6. The average molecular weight is 370 g/mol. The molecule has 3 amide bonds. The number of likely N-dealkylation sites (tertiary alicyclic amines) is 1. The van der Waals surface area contributed by atoms with Gasteiger partial charge in [0.2, 0.25) is 5.91 Å². The van der Waals surface area contributed by atoms with Crippen molar-refractivity contribution in [1.29, 1.82) is 0 Å². The smallest absolute Gasteiger partial charge is 0.417 e. The van der Waals surface area contributed by atoms with Crippen LogP contribution in [0.15, 0.2) is 35.4 Å². The van der Waals surface area contributed by atoms with Crippen molar-refractivity contribution >= 4 is 28.8 Å². The van der Waals surface area contributed by atoms with Crippen molar-refractivity contribution < 1.29 is 19.1 Å². The number of rotatable bonds is 3. The Labute approximate surface area is 154 Å². The number of para-hydroxylation sites is 1. The summed E-state index contributed by atoms with van der Waals surface area (Å²) in [5, 5.41) is 0.470. The van der Waals surface area contributed by atoms with Gasteiger partial charge in [0, 0.05) is 19.1 Å². The van der Waals surface area contributed by atoms with Crippen molar-refractivity contribution in [2.24, 2.45) is 0 Å². The van der Waals surface area contributed by atoms with E-state index in [1.807, 2.05) is 0 Å². The van der Waals surface area contributed by atoms with Crippen LogP contribution in [0.4, 0.5) is 4.79 Å². The fourth-order valence-corrected chi connectivity index (χ4v) is 3.56. The Bertz CT molecular complexity index is 961. The average Bonchev–Trinajstić information content (AvgIpc) is 3.02. The van der Waals surface area contributed by atoms with E-state index in [4.69, 9.17) is 4.74 Å². The molecule has 0 aliphatic carbocycles. The number of aromatic nitrogens is 2. The maximum absolute atomic E-state index is 12.6. The van der Waals surface area contributed by atoms with Gasteiger partial charge in [-0.2, -0.15) is 0 Å². The van der Waals surface area contributed by atoms with Crippen molar-refractivity contribution in [3.63, 3.8) is 0 Å². The number of carbonyl (C=O) groups excluding carboxylic acids is 3. The number of ether oxygens (including phenoxy) is 1. The van der Waals surface area contributed by atoms with Crippen LogP contribution in [0.5, 0.6) is 0 Å². The lowest BCUT2D eigenvalue weighted by Crippen LogP contribution is -2.49. The van der Waals surface area contributed by atoms with Crippen molar-refractivity contribution in [2.75, 3.05) is 19.7 Å². The van der Waals surface area contributed by atoms with Gasteiger partial charge < -0.3 is 9.64 Å². The lowest BCUT2D eigenvalue weighted by atomic mass is 10.0. The molecule has 1 aromatic carbocycles. The van der Waals surface area contributed by atoms with Crippen LogP contribution >= 0.6 is 0 Å². The fourth-order valence-electron chi connectivity index (χ4n) is 3.56. The Kier molecular flexibility index (Phi) is 4.35. The number of amides is 3. The van der Waals surface area contributed by atoms with Crippen molar-refractivity contribution in [3.05, 3.63) is 40.9 Å². The molecule has 9 heteroatoms. The summed E-state index contributed by atoms with van der Waals surface area (Å²) in [7, 11) is 0. The summed E-state index contributed by atoms with van der Waals surface area (Å²) in [6, 6.07) is 6.74. The first-order valence-corrected chi connectivity index (χ1v) is 8.75. The molecule has 2 fully saturated rings. The predicted molar refractivity (Wildman–Crippen MR) is 93.8 cm³/mol. The largest absolute Gasteiger partial charge is 0.439 e. The lowest BCUT2D eigenvalue weighted by Gasteiger charge is -2.34. The van der Waals surface area contributed by atoms with Gasteiger partial charge in [-0.05, 0) is 25.0 Å². The van der Waals surface area contributed by atoms with Crippen LogP contribution in [0.1, 0.15) is 12.8 Å². The number of imide groups is 1. The van der Waals surface area contributed by atoms with E-state index in [9.17, 15) is 19.2 Å². The molecular formula is C18H18N4O5. The highest BCUT2D eigenvalue weighted by molar-refractivity contribution is 5.98. The number of piperidine rings is 1. The minimum absolute atomic E-state index is 0.0912. The van der Waals surface area contributed by atoms with Gasteiger partial charge in [0.05, 0.1) is 17.2 Å². The molecule has 2 aliphatic rings. The highest BCUT2D eigenvalue weighted by Crippen LogP contribution is 2.21. The van der Waals surface area contributed by atoms with Crippen LogP contribution in [-0.4, -0.2) is 63.0 Å². The van der Waals surface area contributed by atoms with E-state index in [1.165, 1.54) is 10.9 Å². The minimum atomic E-state index is -0.612. The van der Waals surface area contributed by atoms with E-state index in [0.717, 1.165) is 4.90 Å². The van der Waals surface area contributed by atoms with E-state index < -0.39 is 6.09 Å². The Morgan fingerprint density at radius 1 is 1.15 bits per heavy atom. The first-order valence-electron chi connectivity index (χ1n) is 8.75. The molecule has 0 radical (unpaired) electrons. The third-order valence-electron chi connectivity index (χ3n) is 5.00. The molecule has 2 aromatic rings. The zero-order valence-corrected chi connectivity index (χ0v) is 14.5. The maximum atomic E-state index is 12.6. The van der Waals surface area contributed by atoms with Gasteiger partial charge in [-0.15, -0.1) is 0 Å². The van der Waals surface area contributed by atoms with E-state index in [-0.39, 0.29) is 36.6 Å². The Morgan fingerprint density at radius 2 is 1.89 bits per heavy atom. The summed E-state index contributed by atoms with van der Waals surface area (Å²) in [6.45, 7) is 0.522. The second-order valence-electron chi connectivity index (χ2n) is 6.63. The van der Waals surface area contributed by atoms with Crippen LogP contribution in [0.2, 0.25) is 0 Å². The van der Waals surface area contributed by atoms with Crippen LogP contribution in [0, 0.1) is 0 Å². The number of nitrogens with zero attached hydrogens (tertiary/aromatic N) is 4. The standard InChI is InChI=1S/C18H18N4O5/c23-15(9-21-11-19-14-4-2-1-3-13(14)17(21)25)20-7-5-12(6-8-20)22-16(24)10-27-18(22)26/h1-4,11-12H,5-10H2. The van der Waals surface area contributed by atoms with Crippen molar-refractivity contribution in [3.8, 4) is 0 Å². The highest BCUT2D eigenvalue weighted by Gasteiger charge is 2.39. The molecular weight excluding hydrogens is 352 g/mol. The summed E-state index contributed by atoms with van der Waals surface area (Å²) in [6.07, 6.45) is 1.77. The Balaban J connectivity index is 1.42. The Hall–Kier alpha value is -3.23. The molecule has 0 spiro atoms. The molecule has 3 heterocycles. The summed E-state index contributed by atoms with van der Waals surface area (Å²) in [5.74, 6) is -0.526. The summed E-state index contributed by atoms with van der Waals surface area (Å²) in [5.41, 5.74) is 0.337. The SMILES string of the molecule is O=C(Cn1cnc2ccccc2c1=O)N1CCC(N2C(=O)COC2=O)CC1. The summed E-state index contributed by atoms with van der Waals surface area (Å²) in [4.78, 5) is 55.5. The number of hydrogen-bond donors (Lipinski definition) is 0. The second-order valence-corrected chi connectivity index (χ2v) is 6.63. The third kappa shape index (κ3) is 3.16. The normalized spacial score (nSPS) is 18.2. The van der Waals surface area contributed by atoms with Crippen molar-refractivity contribution in [2.45, 2.75) is 25.4 Å². The quantitative estimate of drug-likeness (QED) is 0.773. The molecule has 0 N–H and O–H groups in total. The minimum Gasteiger partial charge on any atom is -0.439 e. The first kappa shape index (κ1) is 17.2. The molecule has 0 unspecified atom stereocenters. The summed E-state index contributed by atoms with van der Waals surface area (Å²) >= 11 is 0. The van der Waals surface area contributed by atoms with Crippen molar-refractivity contribution in [1.82, 2.24) is 19.4 Å². The van der Waals surface area contributed by atoms with Gasteiger partial charge >= 0.3 is 6.09 Å². The molecule has 9 nitrogen and oxygen atoms in total. The molecule has 0 atom stereocenters. The lowest BCUT2D eigenvalue weighted by molar-refractivity contribution is -0.134. The third-order valence-corrected chi connectivity index (χ3v) is 5.00. The zero-order chi connectivity index (χ0) is 19.0. The molecule has 2 aliphatic heterocycles. The molecule has 140 valence electrons. The van der Waals surface area contributed by atoms with Gasteiger partial charge in [0.1, 0.15) is 6.54 Å². The number of cyclic esters (lactones) is 1. The molecule has 4 rings (SSSR count). The van der Waals surface area contributed by atoms with Gasteiger partial charge in [-0.1, -0.05) is 12.1 Å². The summed E-state index contributed by atoms with van der Waals surface area (Å²) < 4.78 is 6.05. The number of carbonyl (C=O) groups is 3. The van der Waals surface area contributed by atoms with E-state index in [0.29, 0.717) is 36.8 Å². The van der Waals surface area contributed by atoms with E-state index in [2.05, 4.69) is 4.98 Å². The van der Waals surface area contributed by atoms with E-state index >= 15 is 0 Å². The predicted octanol–water partition coefficient (Wildman–Crippen LogP) is 0.366. The monoisotopic (exact) mass is 370 g/mol. The fraction of sp³-hybridized carbons (Fsp3) is 0.389.